The molecule has 7 nitrogen and oxygen atoms in total. The van der Waals surface area contributed by atoms with Crippen molar-refractivity contribution in [3.8, 4) is 0 Å². The fraction of sp³-hybridized carbons (Fsp3) is 0.238. The molecule has 1 N–H and O–H groups in total. The normalized spacial score (nSPS) is 14.0. The van der Waals surface area contributed by atoms with Crippen molar-refractivity contribution < 1.29 is 4.79 Å². The molecule has 1 saturated heterocycles. The second-order valence-corrected chi connectivity index (χ2v) is 6.77. The predicted molar refractivity (Wildman–Crippen MR) is 109 cm³/mol. The molecule has 0 radical (unpaired) electrons. The monoisotopic (exact) mass is 374 g/mol. The van der Waals surface area contributed by atoms with Crippen LogP contribution in [-0.4, -0.2) is 52.2 Å². The summed E-state index contributed by atoms with van der Waals surface area (Å²) in [5.41, 5.74) is 2.47. The number of nitrogens with one attached hydrogen (secondary N) is 1. The number of piperazine rings is 1. The lowest BCUT2D eigenvalue weighted by Gasteiger charge is -2.35. The molecular weight excluding hydrogens is 352 g/mol. The average molecular weight is 374 g/mol. The number of pyridine rings is 1. The van der Waals surface area contributed by atoms with Crippen LogP contribution in [0.1, 0.15) is 16.1 Å². The van der Waals surface area contributed by atoms with E-state index in [0.717, 1.165) is 30.2 Å². The molecule has 0 unspecified atom stereocenters. The summed E-state index contributed by atoms with van der Waals surface area (Å²) in [6.45, 7) is 4.82. The molecule has 0 atom stereocenters. The Morgan fingerprint density at radius 1 is 0.964 bits per heavy atom. The van der Waals surface area contributed by atoms with Gasteiger partial charge in [-0.25, -0.2) is 4.98 Å². The molecule has 4 rings (SSSR count). The lowest BCUT2D eigenvalue weighted by Crippen LogP contribution is -2.49. The van der Waals surface area contributed by atoms with Crippen LogP contribution in [0.3, 0.4) is 0 Å². The van der Waals surface area contributed by atoms with Crippen molar-refractivity contribution in [3.63, 3.8) is 0 Å². The number of anilines is 3. The zero-order chi connectivity index (χ0) is 19.3. The van der Waals surface area contributed by atoms with E-state index in [0.29, 0.717) is 24.6 Å². The lowest BCUT2D eigenvalue weighted by atomic mass is 10.2. The minimum atomic E-state index is -0.0877. The van der Waals surface area contributed by atoms with Crippen molar-refractivity contribution in [2.45, 2.75) is 6.92 Å². The molecule has 0 aliphatic carbocycles. The maximum Gasteiger partial charge on any atom is 0.274 e. The Hall–Kier alpha value is -3.48. The Balaban J connectivity index is 1.36. The van der Waals surface area contributed by atoms with E-state index in [9.17, 15) is 4.79 Å². The number of aromatic nitrogens is 3. The Kier molecular flexibility index (Phi) is 5.14. The van der Waals surface area contributed by atoms with Crippen LogP contribution in [0.15, 0.2) is 60.8 Å². The standard InChI is InChI=1S/C21H22N6O/c1-16-5-4-6-17(15-16)23-19-9-8-18(24-25-19)21(28)27-13-11-26(12-14-27)20-7-2-3-10-22-20/h2-10,15H,11-14H2,1H3,(H,23,25). The minimum absolute atomic E-state index is 0.0877. The maximum absolute atomic E-state index is 12.7. The van der Waals surface area contributed by atoms with E-state index >= 15 is 0 Å². The third kappa shape index (κ3) is 4.09. The maximum atomic E-state index is 12.7. The summed E-state index contributed by atoms with van der Waals surface area (Å²) in [5, 5.41) is 11.5. The molecule has 0 bridgehead atoms. The van der Waals surface area contributed by atoms with Gasteiger partial charge in [0.1, 0.15) is 5.82 Å². The number of aryl methyl sites for hydroxylation is 1. The Morgan fingerprint density at radius 2 is 1.82 bits per heavy atom. The van der Waals surface area contributed by atoms with Crippen molar-refractivity contribution in [2.24, 2.45) is 0 Å². The van der Waals surface area contributed by atoms with Gasteiger partial charge < -0.3 is 15.1 Å². The van der Waals surface area contributed by atoms with Crippen molar-refractivity contribution in [2.75, 3.05) is 36.4 Å². The van der Waals surface area contributed by atoms with Crippen LogP contribution in [0.25, 0.3) is 0 Å². The topological polar surface area (TPSA) is 74.2 Å². The smallest absolute Gasteiger partial charge is 0.274 e. The molecule has 1 aliphatic heterocycles. The van der Waals surface area contributed by atoms with Gasteiger partial charge in [0.05, 0.1) is 0 Å². The van der Waals surface area contributed by atoms with Crippen LogP contribution in [0.2, 0.25) is 0 Å². The van der Waals surface area contributed by atoms with Crippen LogP contribution < -0.4 is 10.2 Å². The summed E-state index contributed by atoms with van der Waals surface area (Å²) in [7, 11) is 0. The molecule has 28 heavy (non-hydrogen) atoms. The molecule has 1 aliphatic rings. The van der Waals surface area contributed by atoms with Crippen molar-refractivity contribution in [3.05, 3.63) is 72.1 Å². The minimum Gasteiger partial charge on any atom is -0.353 e. The summed E-state index contributed by atoms with van der Waals surface area (Å²) in [5.74, 6) is 1.47. The fourth-order valence-corrected chi connectivity index (χ4v) is 3.23. The molecular formula is C21H22N6O. The van der Waals surface area contributed by atoms with E-state index in [-0.39, 0.29) is 5.91 Å². The Bertz CT molecular complexity index is 937. The molecule has 142 valence electrons. The molecule has 1 fully saturated rings. The van der Waals surface area contributed by atoms with E-state index in [1.165, 1.54) is 0 Å². The first-order valence-electron chi connectivity index (χ1n) is 9.32. The Labute approximate surface area is 164 Å². The first-order chi connectivity index (χ1) is 13.7. The number of nitrogens with zero attached hydrogens (tertiary/aromatic N) is 5. The van der Waals surface area contributed by atoms with Gasteiger partial charge in [-0.05, 0) is 48.9 Å². The van der Waals surface area contributed by atoms with Gasteiger partial charge in [0.25, 0.3) is 5.91 Å². The van der Waals surface area contributed by atoms with Crippen LogP contribution in [0.4, 0.5) is 17.3 Å². The number of rotatable bonds is 4. The zero-order valence-electron chi connectivity index (χ0n) is 15.7. The van der Waals surface area contributed by atoms with E-state index in [1.54, 1.807) is 18.3 Å². The third-order valence-electron chi connectivity index (χ3n) is 4.71. The van der Waals surface area contributed by atoms with Gasteiger partial charge in [-0.15, -0.1) is 10.2 Å². The molecule has 1 amide bonds. The largest absolute Gasteiger partial charge is 0.353 e. The highest BCUT2D eigenvalue weighted by atomic mass is 16.2. The highest BCUT2D eigenvalue weighted by molar-refractivity contribution is 5.92. The molecule has 3 aromatic rings. The van der Waals surface area contributed by atoms with Crippen molar-refractivity contribution in [1.29, 1.82) is 0 Å². The van der Waals surface area contributed by atoms with Gasteiger partial charge in [-0.2, -0.15) is 0 Å². The third-order valence-corrected chi connectivity index (χ3v) is 4.71. The number of carbonyl (C=O) groups is 1. The summed E-state index contributed by atoms with van der Waals surface area (Å²) < 4.78 is 0. The van der Waals surface area contributed by atoms with E-state index in [2.05, 4.69) is 25.4 Å². The fourth-order valence-electron chi connectivity index (χ4n) is 3.23. The molecule has 7 heteroatoms. The second kappa shape index (κ2) is 8.04. The molecule has 1 aromatic carbocycles. The summed E-state index contributed by atoms with van der Waals surface area (Å²) in [6, 6.07) is 17.4. The van der Waals surface area contributed by atoms with E-state index < -0.39 is 0 Å². The van der Waals surface area contributed by atoms with Gasteiger partial charge >= 0.3 is 0 Å². The van der Waals surface area contributed by atoms with Crippen molar-refractivity contribution in [1.82, 2.24) is 20.1 Å². The molecule has 3 heterocycles. The zero-order valence-corrected chi connectivity index (χ0v) is 15.7. The van der Waals surface area contributed by atoms with Gasteiger partial charge in [-0.3, -0.25) is 4.79 Å². The van der Waals surface area contributed by atoms with Gasteiger partial charge in [-0.1, -0.05) is 18.2 Å². The molecule has 2 aromatic heterocycles. The average Bonchev–Trinajstić information content (AvgIpc) is 2.75. The molecule has 0 spiro atoms. The van der Waals surface area contributed by atoms with E-state index in [4.69, 9.17) is 0 Å². The summed E-state index contributed by atoms with van der Waals surface area (Å²) in [6.07, 6.45) is 1.79. The SMILES string of the molecule is Cc1cccc(Nc2ccc(C(=O)N3CCN(c4ccccn4)CC3)nn2)c1. The summed E-state index contributed by atoms with van der Waals surface area (Å²) >= 11 is 0. The van der Waals surface area contributed by atoms with Crippen LogP contribution in [-0.2, 0) is 0 Å². The van der Waals surface area contributed by atoms with Crippen LogP contribution in [0, 0.1) is 6.92 Å². The highest BCUT2D eigenvalue weighted by Crippen LogP contribution is 2.17. The van der Waals surface area contributed by atoms with E-state index in [1.807, 2.05) is 54.3 Å². The number of hydrogen-bond acceptors (Lipinski definition) is 6. The van der Waals surface area contributed by atoms with Gasteiger partial charge in [0.15, 0.2) is 11.5 Å². The number of benzene rings is 1. The lowest BCUT2D eigenvalue weighted by molar-refractivity contribution is 0.0739. The van der Waals surface area contributed by atoms with Crippen LogP contribution in [0.5, 0.6) is 0 Å². The Morgan fingerprint density at radius 3 is 2.50 bits per heavy atom. The number of carbonyl (C=O) groups excluding carboxylic acids is 1. The highest BCUT2D eigenvalue weighted by Gasteiger charge is 2.23. The number of amides is 1. The first-order valence-corrected chi connectivity index (χ1v) is 9.32. The second-order valence-electron chi connectivity index (χ2n) is 6.77. The summed E-state index contributed by atoms with van der Waals surface area (Å²) in [4.78, 5) is 21.1. The predicted octanol–water partition coefficient (Wildman–Crippen LogP) is 2.89. The van der Waals surface area contributed by atoms with Gasteiger partial charge in [0.2, 0.25) is 0 Å². The molecule has 0 saturated carbocycles. The quantitative estimate of drug-likeness (QED) is 0.757. The number of hydrogen-bond donors (Lipinski definition) is 1. The van der Waals surface area contributed by atoms with Crippen LogP contribution >= 0.6 is 0 Å². The van der Waals surface area contributed by atoms with Crippen molar-refractivity contribution >= 4 is 23.2 Å². The first kappa shape index (κ1) is 17.9. The van der Waals surface area contributed by atoms with Gasteiger partial charge in [0, 0.05) is 38.1 Å².